The Morgan fingerprint density at radius 2 is 2.29 bits per heavy atom. The van der Waals surface area contributed by atoms with Crippen LogP contribution in [0.3, 0.4) is 0 Å². The Morgan fingerprint density at radius 3 is 2.94 bits per heavy atom. The lowest BCUT2D eigenvalue weighted by molar-refractivity contribution is 0.207. The Balaban J connectivity index is 2.39. The monoisotopic (exact) mass is 254 g/mol. The highest BCUT2D eigenvalue weighted by atomic mass is 35.5. The van der Waals surface area contributed by atoms with E-state index < -0.39 is 0 Å². The zero-order valence-electron chi connectivity index (χ0n) is 10.1. The fraction of sp³-hybridized carbons (Fsp3) is 0.462. The highest BCUT2D eigenvalue weighted by molar-refractivity contribution is 6.30. The van der Waals surface area contributed by atoms with Gasteiger partial charge in [-0.15, -0.1) is 0 Å². The lowest BCUT2D eigenvalue weighted by atomic mass is 10.0. The van der Waals surface area contributed by atoms with E-state index in [9.17, 15) is 0 Å². The molecule has 1 atom stereocenters. The van der Waals surface area contributed by atoms with Crippen LogP contribution in [0.2, 0.25) is 5.02 Å². The number of hydrogen-bond acceptors (Lipinski definition) is 3. The number of halogens is 1. The number of ether oxygens (including phenoxy) is 1. The summed E-state index contributed by atoms with van der Waals surface area (Å²) in [5.74, 6) is 0. The maximum absolute atomic E-state index is 7.74. The van der Waals surface area contributed by atoms with Crippen molar-refractivity contribution in [2.75, 3.05) is 13.7 Å². The Kier molecular flexibility index (Phi) is 6.19. The second-order valence-corrected chi connectivity index (χ2v) is 4.58. The number of nitrogens with two attached hydrogens (primary N) is 1. The smallest absolute Gasteiger partial charge is 0.0514 e. The quantitative estimate of drug-likeness (QED) is 0.735. The SMILES string of the molecule is COCCC(=N)CC(N)Cc1cccc(Cl)c1. The first kappa shape index (κ1) is 14.2. The van der Waals surface area contributed by atoms with Gasteiger partial charge in [-0.2, -0.15) is 0 Å². The maximum Gasteiger partial charge on any atom is 0.0514 e. The van der Waals surface area contributed by atoms with Crippen molar-refractivity contribution in [2.45, 2.75) is 25.3 Å². The van der Waals surface area contributed by atoms with Gasteiger partial charge < -0.3 is 15.9 Å². The summed E-state index contributed by atoms with van der Waals surface area (Å²) in [5.41, 5.74) is 7.76. The molecule has 0 heterocycles. The third kappa shape index (κ3) is 5.82. The first-order chi connectivity index (χ1) is 8.11. The maximum atomic E-state index is 7.74. The first-order valence-electron chi connectivity index (χ1n) is 5.67. The molecule has 0 aromatic heterocycles. The summed E-state index contributed by atoms with van der Waals surface area (Å²) in [7, 11) is 1.64. The van der Waals surface area contributed by atoms with Crippen LogP contribution in [0, 0.1) is 5.41 Å². The van der Waals surface area contributed by atoms with Crippen LogP contribution in [-0.2, 0) is 11.2 Å². The van der Waals surface area contributed by atoms with Crippen molar-refractivity contribution in [1.29, 1.82) is 5.41 Å². The van der Waals surface area contributed by atoms with Crippen LogP contribution < -0.4 is 5.73 Å². The van der Waals surface area contributed by atoms with Gasteiger partial charge in [0.15, 0.2) is 0 Å². The van der Waals surface area contributed by atoms with Crippen molar-refractivity contribution in [3.63, 3.8) is 0 Å². The Hall–Kier alpha value is -0.900. The van der Waals surface area contributed by atoms with Crippen LogP contribution in [0.1, 0.15) is 18.4 Å². The van der Waals surface area contributed by atoms with Crippen LogP contribution in [0.4, 0.5) is 0 Å². The molecule has 0 aliphatic rings. The van der Waals surface area contributed by atoms with Gasteiger partial charge in [0.2, 0.25) is 0 Å². The molecule has 1 unspecified atom stereocenters. The summed E-state index contributed by atoms with van der Waals surface area (Å²) in [6.45, 7) is 0.586. The largest absolute Gasteiger partial charge is 0.384 e. The van der Waals surface area contributed by atoms with E-state index in [4.69, 9.17) is 27.5 Å². The van der Waals surface area contributed by atoms with Crippen LogP contribution in [0.15, 0.2) is 24.3 Å². The third-order valence-electron chi connectivity index (χ3n) is 2.50. The Bertz CT molecular complexity index is 368. The van der Waals surface area contributed by atoms with Crippen LogP contribution in [0.25, 0.3) is 0 Å². The van der Waals surface area contributed by atoms with E-state index in [1.165, 1.54) is 0 Å². The number of rotatable bonds is 7. The molecule has 0 spiro atoms. The molecular weight excluding hydrogens is 236 g/mol. The Morgan fingerprint density at radius 1 is 1.53 bits per heavy atom. The molecule has 4 heteroatoms. The summed E-state index contributed by atoms with van der Waals surface area (Å²) < 4.78 is 4.93. The number of hydrogen-bond donors (Lipinski definition) is 2. The number of nitrogens with one attached hydrogen (secondary N) is 1. The molecule has 94 valence electrons. The van der Waals surface area contributed by atoms with Crippen molar-refractivity contribution in [1.82, 2.24) is 0 Å². The summed E-state index contributed by atoms with van der Waals surface area (Å²) in [6.07, 6.45) is 2.01. The first-order valence-corrected chi connectivity index (χ1v) is 6.05. The minimum absolute atomic E-state index is 0.0298. The second-order valence-electron chi connectivity index (χ2n) is 4.14. The molecule has 1 rings (SSSR count). The summed E-state index contributed by atoms with van der Waals surface area (Å²) >= 11 is 5.90. The average molecular weight is 255 g/mol. The summed E-state index contributed by atoms with van der Waals surface area (Å²) in [4.78, 5) is 0. The van der Waals surface area contributed by atoms with Crippen molar-refractivity contribution in [2.24, 2.45) is 5.73 Å². The van der Waals surface area contributed by atoms with Crippen LogP contribution in [0.5, 0.6) is 0 Å². The minimum Gasteiger partial charge on any atom is -0.384 e. The van der Waals surface area contributed by atoms with Gasteiger partial charge in [0.1, 0.15) is 0 Å². The molecule has 0 amide bonds. The molecule has 0 saturated carbocycles. The molecular formula is C13H19ClN2O. The van der Waals surface area contributed by atoms with Crippen molar-refractivity contribution >= 4 is 17.3 Å². The average Bonchev–Trinajstić information content (AvgIpc) is 2.26. The van der Waals surface area contributed by atoms with E-state index in [0.717, 1.165) is 17.0 Å². The third-order valence-corrected chi connectivity index (χ3v) is 2.74. The normalized spacial score (nSPS) is 12.4. The van der Waals surface area contributed by atoms with Gasteiger partial charge in [0.25, 0.3) is 0 Å². The second kappa shape index (κ2) is 7.43. The van der Waals surface area contributed by atoms with Crippen LogP contribution >= 0.6 is 11.6 Å². The highest BCUT2D eigenvalue weighted by Gasteiger charge is 2.07. The standard InChI is InChI=1S/C13H19ClN2O/c1-17-6-5-12(15)9-13(16)8-10-3-2-4-11(14)7-10/h2-4,7,13,15H,5-6,8-9,16H2,1H3. The van der Waals surface area contributed by atoms with E-state index in [-0.39, 0.29) is 6.04 Å². The van der Waals surface area contributed by atoms with E-state index in [1.807, 2.05) is 24.3 Å². The zero-order chi connectivity index (χ0) is 12.7. The molecule has 17 heavy (non-hydrogen) atoms. The molecule has 3 nitrogen and oxygen atoms in total. The van der Waals surface area contributed by atoms with Gasteiger partial charge in [-0.1, -0.05) is 23.7 Å². The number of methoxy groups -OCH3 is 1. The van der Waals surface area contributed by atoms with Gasteiger partial charge in [-0.3, -0.25) is 0 Å². The molecule has 0 saturated heterocycles. The molecule has 0 aliphatic heterocycles. The molecule has 0 bridgehead atoms. The fourth-order valence-electron chi connectivity index (χ4n) is 1.68. The van der Waals surface area contributed by atoms with Gasteiger partial charge in [-0.05, 0) is 24.1 Å². The van der Waals surface area contributed by atoms with E-state index in [2.05, 4.69) is 0 Å². The van der Waals surface area contributed by atoms with Gasteiger partial charge in [-0.25, -0.2) is 0 Å². The van der Waals surface area contributed by atoms with Gasteiger partial charge >= 0.3 is 0 Å². The lowest BCUT2D eigenvalue weighted by Gasteiger charge is -2.12. The fourth-order valence-corrected chi connectivity index (χ4v) is 1.90. The highest BCUT2D eigenvalue weighted by Crippen LogP contribution is 2.13. The van der Waals surface area contributed by atoms with E-state index in [0.29, 0.717) is 25.2 Å². The van der Waals surface area contributed by atoms with Crippen molar-refractivity contribution in [3.05, 3.63) is 34.9 Å². The van der Waals surface area contributed by atoms with Crippen molar-refractivity contribution < 1.29 is 4.74 Å². The summed E-state index contributed by atoms with van der Waals surface area (Å²) in [6, 6.07) is 7.65. The molecule has 3 N–H and O–H groups in total. The molecule has 1 aromatic rings. The number of benzene rings is 1. The predicted octanol–water partition coefficient (Wildman–Crippen LogP) is 2.66. The Labute approximate surface area is 107 Å². The zero-order valence-corrected chi connectivity index (χ0v) is 10.8. The predicted molar refractivity (Wildman–Crippen MR) is 72.0 cm³/mol. The molecule has 1 aromatic carbocycles. The van der Waals surface area contributed by atoms with E-state index in [1.54, 1.807) is 7.11 Å². The van der Waals surface area contributed by atoms with Crippen LogP contribution in [-0.4, -0.2) is 25.5 Å². The lowest BCUT2D eigenvalue weighted by Crippen LogP contribution is -2.26. The van der Waals surface area contributed by atoms with Gasteiger partial charge in [0.05, 0.1) is 6.61 Å². The molecule has 0 aliphatic carbocycles. The topological polar surface area (TPSA) is 59.1 Å². The van der Waals surface area contributed by atoms with Gasteiger partial charge in [0, 0.05) is 36.7 Å². The van der Waals surface area contributed by atoms with Crippen molar-refractivity contribution in [3.8, 4) is 0 Å². The van der Waals surface area contributed by atoms with E-state index >= 15 is 0 Å². The molecule has 0 fully saturated rings. The molecule has 0 radical (unpaired) electrons. The summed E-state index contributed by atoms with van der Waals surface area (Å²) in [5, 5.41) is 8.47. The minimum atomic E-state index is -0.0298.